The molecule has 1 aliphatic heterocycles. The highest BCUT2D eigenvalue weighted by Gasteiger charge is 2.26. The standard InChI is InChI=1S/C19H20ClN3O5/c1-27-14-6-7-16(17(12-14)23(25)26)21-8-10-22(11-9-21)19(24)13-28-18-5-3-2-4-15(18)20/h2-7,12H,8-11,13H2,1H3. The van der Waals surface area contributed by atoms with E-state index in [0.717, 1.165) is 0 Å². The Morgan fingerprint density at radius 2 is 1.89 bits per heavy atom. The molecule has 2 aromatic rings. The van der Waals surface area contributed by atoms with Crippen LogP contribution in [0.3, 0.4) is 0 Å². The van der Waals surface area contributed by atoms with Gasteiger partial charge in [-0.05, 0) is 24.3 Å². The predicted molar refractivity (Wildman–Crippen MR) is 105 cm³/mol. The second kappa shape index (κ2) is 8.79. The highest BCUT2D eigenvalue weighted by molar-refractivity contribution is 6.32. The minimum atomic E-state index is -0.424. The molecule has 0 N–H and O–H groups in total. The molecule has 9 heteroatoms. The molecule has 0 atom stereocenters. The van der Waals surface area contributed by atoms with Crippen LogP contribution in [0.15, 0.2) is 42.5 Å². The largest absolute Gasteiger partial charge is 0.496 e. The monoisotopic (exact) mass is 405 g/mol. The predicted octanol–water partition coefficient (Wildman–Crippen LogP) is 2.98. The first-order valence-electron chi connectivity index (χ1n) is 8.72. The molecule has 0 aliphatic carbocycles. The smallest absolute Gasteiger partial charge is 0.296 e. The fourth-order valence-corrected chi connectivity index (χ4v) is 3.22. The Morgan fingerprint density at radius 3 is 2.54 bits per heavy atom. The third kappa shape index (κ3) is 4.45. The maximum Gasteiger partial charge on any atom is 0.296 e. The number of nitro groups is 1. The van der Waals surface area contributed by atoms with E-state index in [-0.39, 0.29) is 18.2 Å². The molecule has 0 unspecified atom stereocenters. The summed E-state index contributed by atoms with van der Waals surface area (Å²) in [6, 6.07) is 11.7. The van der Waals surface area contributed by atoms with E-state index in [1.165, 1.54) is 13.2 Å². The topological polar surface area (TPSA) is 85.2 Å². The summed E-state index contributed by atoms with van der Waals surface area (Å²) in [7, 11) is 1.47. The Morgan fingerprint density at radius 1 is 1.18 bits per heavy atom. The van der Waals surface area contributed by atoms with Crippen LogP contribution in [0, 0.1) is 10.1 Å². The number of nitrogens with zero attached hydrogens (tertiary/aromatic N) is 3. The quantitative estimate of drug-likeness (QED) is 0.542. The average Bonchev–Trinajstić information content (AvgIpc) is 2.72. The number of methoxy groups -OCH3 is 1. The van der Waals surface area contributed by atoms with Gasteiger partial charge in [-0.15, -0.1) is 0 Å². The summed E-state index contributed by atoms with van der Waals surface area (Å²) in [5, 5.41) is 11.8. The van der Waals surface area contributed by atoms with Crippen LogP contribution < -0.4 is 14.4 Å². The van der Waals surface area contributed by atoms with Crippen molar-refractivity contribution in [1.29, 1.82) is 0 Å². The van der Waals surface area contributed by atoms with Gasteiger partial charge >= 0.3 is 0 Å². The molecule has 3 rings (SSSR count). The SMILES string of the molecule is COc1ccc(N2CCN(C(=O)COc3ccccc3Cl)CC2)c([N+](=O)[O-])c1. The molecular formula is C19H20ClN3O5. The van der Waals surface area contributed by atoms with Crippen molar-refractivity contribution in [2.24, 2.45) is 0 Å². The lowest BCUT2D eigenvalue weighted by molar-refractivity contribution is -0.384. The maximum atomic E-state index is 12.4. The van der Waals surface area contributed by atoms with Crippen LogP contribution >= 0.6 is 11.6 Å². The highest BCUT2D eigenvalue weighted by atomic mass is 35.5. The zero-order valence-electron chi connectivity index (χ0n) is 15.3. The van der Waals surface area contributed by atoms with Crippen molar-refractivity contribution < 1.29 is 19.2 Å². The first-order valence-corrected chi connectivity index (χ1v) is 9.10. The number of hydrogen-bond acceptors (Lipinski definition) is 6. The van der Waals surface area contributed by atoms with Gasteiger partial charge in [0.1, 0.15) is 17.2 Å². The van der Waals surface area contributed by atoms with Crippen molar-refractivity contribution in [3.05, 3.63) is 57.6 Å². The molecule has 1 heterocycles. The number of rotatable bonds is 6. The van der Waals surface area contributed by atoms with E-state index in [2.05, 4.69) is 0 Å². The van der Waals surface area contributed by atoms with E-state index in [1.807, 2.05) is 4.90 Å². The minimum absolute atomic E-state index is 0.0128. The Hall–Kier alpha value is -3.00. The number of carbonyl (C=O) groups is 1. The normalized spacial score (nSPS) is 13.9. The minimum Gasteiger partial charge on any atom is -0.496 e. The van der Waals surface area contributed by atoms with Crippen molar-refractivity contribution in [1.82, 2.24) is 4.90 Å². The first-order chi connectivity index (χ1) is 13.5. The van der Waals surface area contributed by atoms with Crippen LogP contribution in [0.25, 0.3) is 0 Å². The first kappa shape index (κ1) is 19.8. The summed E-state index contributed by atoms with van der Waals surface area (Å²) in [5.74, 6) is 0.745. The van der Waals surface area contributed by atoms with E-state index >= 15 is 0 Å². The van der Waals surface area contributed by atoms with Crippen molar-refractivity contribution in [2.75, 3.05) is 44.8 Å². The van der Waals surface area contributed by atoms with Crippen molar-refractivity contribution >= 4 is 28.9 Å². The molecular weight excluding hydrogens is 386 g/mol. The van der Waals surface area contributed by atoms with Gasteiger partial charge in [0.15, 0.2) is 6.61 Å². The Balaban J connectivity index is 1.59. The molecule has 8 nitrogen and oxygen atoms in total. The van der Waals surface area contributed by atoms with Gasteiger partial charge < -0.3 is 19.3 Å². The summed E-state index contributed by atoms with van der Waals surface area (Å²) in [5.41, 5.74) is 0.506. The lowest BCUT2D eigenvalue weighted by Gasteiger charge is -2.35. The Labute approximate surface area is 167 Å². The summed E-state index contributed by atoms with van der Waals surface area (Å²) >= 11 is 6.02. The summed E-state index contributed by atoms with van der Waals surface area (Å²) in [4.78, 5) is 26.9. The van der Waals surface area contributed by atoms with Crippen LogP contribution in [0.5, 0.6) is 11.5 Å². The fraction of sp³-hybridized carbons (Fsp3) is 0.316. The number of amides is 1. The van der Waals surface area contributed by atoms with E-state index in [0.29, 0.717) is 48.4 Å². The number of ether oxygens (including phenoxy) is 2. The van der Waals surface area contributed by atoms with Crippen LogP contribution in [-0.2, 0) is 4.79 Å². The number of halogens is 1. The molecule has 0 saturated carbocycles. The highest BCUT2D eigenvalue weighted by Crippen LogP contribution is 2.32. The number of anilines is 1. The van der Waals surface area contributed by atoms with Gasteiger partial charge in [-0.25, -0.2) is 0 Å². The molecule has 0 aromatic heterocycles. The second-order valence-corrected chi connectivity index (χ2v) is 6.61. The number of piperazine rings is 1. The molecule has 1 aliphatic rings. The van der Waals surface area contributed by atoms with Crippen molar-refractivity contribution in [3.63, 3.8) is 0 Å². The van der Waals surface area contributed by atoms with Gasteiger partial charge in [0.25, 0.3) is 11.6 Å². The van der Waals surface area contributed by atoms with Gasteiger partial charge in [-0.1, -0.05) is 23.7 Å². The van der Waals surface area contributed by atoms with Crippen LogP contribution in [0.2, 0.25) is 5.02 Å². The third-order valence-electron chi connectivity index (χ3n) is 4.54. The summed E-state index contributed by atoms with van der Waals surface area (Å²) in [6.07, 6.45) is 0. The van der Waals surface area contributed by atoms with Gasteiger partial charge in [-0.2, -0.15) is 0 Å². The van der Waals surface area contributed by atoms with Crippen LogP contribution in [0.1, 0.15) is 0 Å². The molecule has 1 fully saturated rings. The fourth-order valence-electron chi connectivity index (χ4n) is 3.03. The van der Waals surface area contributed by atoms with Gasteiger partial charge in [0.05, 0.1) is 23.1 Å². The number of para-hydroxylation sites is 1. The molecule has 0 bridgehead atoms. The Bertz CT molecular complexity index is 868. The lowest BCUT2D eigenvalue weighted by atomic mass is 10.2. The number of benzene rings is 2. The van der Waals surface area contributed by atoms with Gasteiger partial charge in [0.2, 0.25) is 0 Å². The maximum absolute atomic E-state index is 12.4. The van der Waals surface area contributed by atoms with E-state index in [1.54, 1.807) is 41.3 Å². The summed E-state index contributed by atoms with van der Waals surface area (Å²) < 4.78 is 10.6. The Kier molecular flexibility index (Phi) is 6.20. The second-order valence-electron chi connectivity index (χ2n) is 6.20. The van der Waals surface area contributed by atoms with E-state index < -0.39 is 4.92 Å². The van der Waals surface area contributed by atoms with Gasteiger partial charge in [0, 0.05) is 26.2 Å². The molecule has 2 aromatic carbocycles. The molecule has 0 radical (unpaired) electrons. The van der Waals surface area contributed by atoms with Crippen LogP contribution in [0.4, 0.5) is 11.4 Å². The van der Waals surface area contributed by atoms with Crippen LogP contribution in [-0.4, -0.2) is 55.6 Å². The molecule has 28 heavy (non-hydrogen) atoms. The number of hydrogen-bond donors (Lipinski definition) is 0. The average molecular weight is 406 g/mol. The summed E-state index contributed by atoms with van der Waals surface area (Å²) in [6.45, 7) is 1.78. The molecule has 1 amide bonds. The third-order valence-corrected chi connectivity index (χ3v) is 4.85. The zero-order chi connectivity index (χ0) is 20.1. The zero-order valence-corrected chi connectivity index (χ0v) is 16.1. The molecule has 0 spiro atoms. The van der Waals surface area contributed by atoms with Crippen molar-refractivity contribution in [3.8, 4) is 11.5 Å². The van der Waals surface area contributed by atoms with Gasteiger partial charge in [-0.3, -0.25) is 14.9 Å². The number of carbonyl (C=O) groups excluding carboxylic acids is 1. The molecule has 1 saturated heterocycles. The van der Waals surface area contributed by atoms with Crippen molar-refractivity contribution in [2.45, 2.75) is 0 Å². The van der Waals surface area contributed by atoms with E-state index in [9.17, 15) is 14.9 Å². The lowest BCUT2D eigenvalue weighted by Crippen LogP contribution is -2.50. The number of nitro benzene ring substituents is 1. The van der Waals surface area contributed by atoms with E-state index in [4.69, 9.17) is 21.1 Å². The molecule has 148 valence electrons.